The monoisotopic (exact) mass is 396 g/mol. The van der Waals surface area contributed by atoms with Crippen molar-refractivity contribution in [1.82, 2.24) is 4.90 Å². The van der Waals surface area contributed by atoms with Gasteiger partial charge in [0.25, 0.3) is 0 Å². The van der Waals surface area contributed by atoms with Crippen LogP contribution in [-0.4, -0.2) is 67.2 Å². The Morgan fingerprint density at radius 1 is 1.33 bits per heavy atom. The third kappa shape index (κ3) is 5.27. The molecule has 1 aromatic carbocycles. The zero-order valence-corrected chi connectivity index (χ0v) is 17.0. The Labute approximate surface area is 166 Å². The van der Waals surface area contributed by atoms with E-state index >= 15 is 0 Å². The van der Waals surface area contributed by atoms with E-state index in [-0.39, 0.29) is 18.8 Å². The van der Waals surface area contributed by atoms with Gasteiger partial charge in [0, 0.05) is 38.6 Å². The maximum absolute atomic E-state index is 12.3. The van der Waals surface area contributed by atoms with Gasteiger partial charge in [0.05, 0.1) is 30.0 Å². The number of nitrogens with zero attached hydrogens (tertiary/aromatic N) is 2. The molecule has 3 rings (SSSR count). The molecule has 0 spiro atoms. The molecule has 0 radical (unpaired) electrons. The molecule has 1 amide bonds. The highest BCUT2D eigenvalue weighted by molar-refractivity contribution is 6.33. The molecule has 0 aromatic heterocycles. The first-order valence-electron chi connectivity index (χ1n) is 9.49. The van der Waals surface area contributed by atoms with Gasteiger partial charge in [0.1, 0.15) is 5.60 Å². The summed E-state index contributed by atoms with van der Waals surface area (Å²) in [5.41, 5.74) is 1.59. The summed E-state index contributed by atoms with van der Waals surface area (Å²) in [7, 11) is 0. The first-order valence-corrected chi connectivity index (χ1v) is 9.86. The molecule has 150 valence electrons. The Balaban J connectivity index is 1.57. The molecule has 27 heavy (non-hydrogen) atoms. The van der Waals surface area contributed by atoms with Crippen LogP contribution in [0.1, 0.15) is 26.3 Å². The van der Waals surface area contributed by atoms with E-state index in [4.69, 9.17) is 26.2 Å². The van der Waals surface area contributed by atoms with Gasteiger partial charge in [0.2, 0.25) is 0 Å². The molecule has 0 bridgehead atoms. The molecule has 1 aromatic rings. The van der Waals surface area contributed by atoms with Crippen molar-refractivity contribution in [3.05, 3.63) is 28.8 Å². The van der Waals surface area contributed by atoms with E-state index in [2.05, 4.69) is 11.0 Å². The van der Waals surface area contributed by atoms with Crippen molar-refractivity contribution in [2.24, 2.45) is 5.92 Å². The average Bonchev–Trinajstić information content (AvgIpc) is 2.54. The molecule has 2 fully saturated rings. The van der Waals surface area contributed by atoms with Gasteiger partial charge in [-0.15, -0.1) is 0 Å². The van der Waals surface area contributed by atoms with Gasteiger partial charge >= 0.3 is 6.09 Å². The van der Waals surface area contributed by atoms with Crippen molar-refractivity contribution >= 4 is 23.4 Å². The maximum Gasteiger partial charge on any atom is 0.410 e. The maximum atomic E-state index is 12.3. The van der Waals surface area contributed by atoms with Gasteiger partial charge in [-0.1, -0.05) is 17.7 Å². The topological polar surface area (TPSA) is 62.2 Å². The van der Waals surface area contributed by atoms with E-state index in [0.29, 0.717) is 37.1 Å². The smallest absolute Gasteiger partial charge is 0.410 e. The Bertz CT molecular complexity index is 670. The Morgan fingerprint density at radius 2 is 2.07 bits per heavy atom. The third-order valence-electron chi connectivity index (χ3n) is 4.82. The molecule has 2 aliphatic heterocycles. The van der Waals surface area contributed by atoms with Crippen molar-refractivity contribution in [2.75, 3.05) is 44.3 Å². The van der Waals surface area contributed by atoms with Crippen LogP contribution in [0.15, 0.2) is 18.2 Å². The number of aliphatic hydroxyl groups excluding tert-OH is 1. The average molecular weight is 397 g/mol. The lowest BCUT2D eigenvalue weighted by Crippen LogP contribution is -2.48. The van der Waals surface area contributed by atoms with Gasteiger partial charge in [-0.25, -0.2) is 4.79 Å². The molecule has 2 aliphatic rings. The van der Waals surface area contributed by atoms with E-state index in [1.54, 1.807) is 4.90 Å². The molecule has 0 aliphatic carbocycles. The third-order valence-corrected chi connectivity index (χ3v) is 5.12. The summed E-state index contributed by atoms with van der Waals surface area (Å²) in [5, 5.41) is 9.87. The number of halogens is 1. The number of hydrogen-bond acceptors (Lipinski definition) is 5. The summed E-state index contributed by atoms with van der Waals surface area (Å²) in [5.74, 6) is 0.343. The molecular formula is C20H29ClN2O4. The van der Waals surface area contributed by atoms with Crippen LogP contribution in [0.4, 0.5) is 10.5 Å². The zero-order valence-electron chi connectivity index (χ0n) is 16.3. The fourth-order valence-electron chi connectivity index (χ4n) is 3.41. The normalized spacial score (nSPS) is 21.1. The van der Waals surface area contributed by atoms with Gasteiger partial charge < -0.3 is 24.4 Å². The number of anilines is 1. The summed E-state index contributed by atoms with van der Waals surface area (Å²) in [4.78, 5) is 16.2. The van der Waals surface area contributed by atoms with Crippen LogP contribution in [0.2, 0.25) is 5.02 Å². The fraction of sp³-hybridized carbons (Fsp3) is 0.650. The number of aliphatic hydroxyl groups is 1. The number of amides is 1. The second-order valence-electron chi connectivity index (χ2n) is 8.36. The Morgan fingerprint density at radius 3 is 2.70 bits per heavy atom. The first-order chi connectivity index (χ1) is 12.7. The molecule has 7 heteroatoms. The molecule has 0 saturated carbocycles. The van der Waals surface area contributed by atoms with E-state index in [0.717, 1.165) is 24.3 Å². The highest BCUT2D eigenvalue weighted by atomic mass is 35.5. The minimum Gasteiger partial charge on any atom is -0.444 e. The van der Waals surface area contributed by atoms with Crippen molar-refractivity contribution in [3.8, 4) is 0 Å². The molecule has 1 N–H and O–H groups in total. The number of benzene rings is 1. The van der Waals surface area contributed by atoms with Gasteiger partial charge in [-0.3, -0.25) is 0 Å². The highest BCUT2D eigenvalue weighted by Crippen LogP contribution is 2.32. The summed E-state index contributed by atoms with van der Waals surface area (Å²) in [6, 6.07) is 6.06. The lowest BCUT2D eigenvalue weighted by atomic mass is 9.99. The number of hydrogen-bond donors (Lipinski definition) is 1. The summed E-state index contributed by atoms with van der Waals surface area (Å²) in [6.07, 6.45) is 0.329. The number of carbonyl (C=O) groups is 1. The van der Waals surface area contributed by atoms with Crippen molar-refractivity contribution in [2.45, 2.75) is 38.9 Å². The zero-order chi connectivity index (χ0) is 19.6. The summed E-state index contributed by atoms with van der Waals surface area (Å²) < 4.78 is 11.3. The first kappa shape index (κ1) is 20.2. The molecule has 2 saturated heterocycles. The van der Waals surface area contributed by atoms with E-state index in [1.165, 1.54) is 0 Å². The largest absolute Gasteiger partial charge is 0.444 e. The molecule has 6 nitrogen and oxygen atoms in total. The number of morpholine rings is 1. The van der Waals surface area contributed by atoms with Crippen LogP contribution < -0.4 is 4.90 Å². The number of carbonyl (C=O) groups excluding carboxylic acids is 1. The van der Waals surface area contributed by atoms with Crippen molar-refractivity contribution in [1.29, 1.82) is 0 Å². The Hall–Kier alpha value is -1.50. The quantitative estimate of drug-likeness (QED) is 0.847. The summed E-state index contributed by atoms with van der Waals surface area (Å²) >= 11 is 6.47. The lowest BCUT2D eigenvalue weighted by molar-refractivity contribution is -0.0415. The van der Waals surface area contributed by atoms with Crippen LogP contribution in [0.25, 0.3) is 0 Å². The predicted molar refractivity (Wildman–Crippen MR) is 105 cm³/mol. The highest BCUT2D eigenvalue weighted by Gasteiger charge is 2.29. The van der Waals surface area contributed by atoms with Crippen LogP contribution in [0, 0.1) is 5.92 Å². The SMILES string of the molecule is CC(C)(C)OC(=O)N1CCOC(Cc2ccc(N3CC(CO)C3)c(Cl)c2)C1. The fourth-order valence-corrected chi connectivity index (χ4v) is 3.74. The Kier molecular flexibility index (Phi) is 6.18. The molecule has 2 heterocycles. The minimum atomic E-state index is -0.500. The molecule has 1 atom stereocenters. The molecule has 1 unspecified atom stereocenters. The standard InChI is InChI=1S/C20H29ClN2O4/c1-20(2,3)27-19(25)22-6-7-26-16(12-22)8-14-4-5-18(17(21)9-14)23-10-15(11-23)13-24/h4-5,9,15-16,24H,6-8,10-13H2,1-3H3. The van der Waals surface area contributed by atoms with Gasteiger partial charge in [-0.2, -0.15) is 0 Å². The van der Waals surface area contributed by atoms with Crippen LogP contribution >= 0.6 is 11.6 Å². The summed E-state index contributed by atoms with van der Waals surface area (Å²) in [6.45, 7) is 9.07. The number of ether oxygens (including phenoxy) is 2. The van der Waals surface area contributed by atoms with E-state index < -0.39 is 5.60 Å². The number of rotatable bonds is 4. The molecular weight excluding hydrogens is 368 g/mol. The van der Waals surface area contributed by atoms with E-state index in [1.807, 2.05) is 32.9 Å². The minimum absolute atomic E-state index is 0.0732. The van der Waals surface area contributed by atoms with Gasteiger partial charge in [-0.05, 0) is 38.5 Å². The predicted octanol–water partition coefficient (Wildman–Crippen LogP) is 2.95. The van der Waals surface area contributed by atoms with Crippen molar-refractivity contribution < 1.29 is 19.4 Å². The van der Waals surface area contributed by atoms with Crippen LogP contribution in [-0.2, 0) is 15.9 Å². The van der Waals surface area contributed by atoms with Crippen molar-refractivity contribution in [3.63, 3.8) is 0 Å². The second-order valence-corrected chi connectivity index (χ2v) is 8.77. The van der Waals surface area contributed by atoms with E-state index in [9.17, 15) is 4.79 Å². The van der Waals surface area contributed by atoms with Crippen LogP contribution in [0.3, 0.4) is 0 Å². The second kappa shape index (κ2) is 8.25. The lowest BCUT2D eigenvalue weighted by Gasteiger charge is -2.40. The van der Waals surface area contributed by atoms with Crippen LogP contribution in [0.5, 0.6) is 0 Å². The van der Waals surface area contributed by atoms with Gasteiger partial charge in [0.15, 0.2) is 0 Å².